The Morgan fingerprint density at radius 2 is 1.93 bits per heavy atom. The van der Waals surface area contributed by atoms with E-state index in [1.165, 1.54) is 16.8 Å². The first-order chi connectivity index (χ1) is 13.2. The molecule has 28 heavy (non-hydrogen) atoms. The smallest absolute Gasteiger partial charge is 0.259 e. The third kappa shape index (κ3) is 3.88. The lowest BCUT2D eigenvalue weighted by molar-refractivity contribution is 0.100. The van der Waals surface area contributed by atoms with E-state index in [2.05, 4.69) is 10.3 Å². The van der Waals surface area contributed by atoms with Crippen LogP contribution >= 0.6 is 34.5 Å². The number of aryl methyl sites for hydroxylation is 1. The number of hydrogen-bond donors (Lipinski definition) is 2. The van der Waals surface area contributed by atoms with Gasteiger partial charge in [0.2, 0.25) is 0 Å². The Kier molecular flexibility index (Phi) is 5.99. The maximum Gasteiger partial charge on any atom is 0.259 e. The van der Waals surface area contributed by atoms with Crippen molar-refractivity contribution in [1.82, 2.24) is 15.0 Å². The summed E-state index contributed by atoms with van der Waals surface area (Å²) in [5.74, 6) is -2.61. The highest BCUT2D eigenvalue weighted by molar-refractivity contribution is 7.18. The molecule has 0 saturated heterocycles. The predicted molar refractivity (Wildman–Crippen MR) is 105 cm³/mol. The Hall–Kier alpha value is -2.07. The van der Waals surface area contributed by atoms with Crippen LogP contribution in [0.1, 0.15) is 26.7 Å². The number of halogens is 4. The van der Waals surface area contributed by atoms with Gasteiger partial charge in [0.15, 0.2) is 5.15 Å². The lowest BCUT2D eigenvalue weighted by atomic mass is 9.88. The van der Waals surface area contributed by atoms with Gasteiger partial charge in [0.05, 0.1) is 4.88 Å². The Morgan fingerprint density at radius 3 is 2.43 bits per heavy atom. The quantitative estimate of drug-likeness (QED) is 0.605. The lowest BCUT2D eigenvalue weighted by Gasteiger charge is -2.18. The molecule has 11 heteroatoms. The summed E-state index contributed by atoms with van der Waals surface area (Å²) in [7, 11) is 1.62. The molecular formula is C17H15Cl2F2N5OS. The molecule has 3 rings (SSSR count). The normalized spacial score (nSPS) is 12.4. The molecule has 0 aliphatic heterocycles. The van der Waals surface area contributed by atoms with Gasteiger partial charge in [-0.05, 0) is 36.2 Å². The zero-order chi connectivity index (χ0) is 20.6. The highest BCUT2D eigenvalue weighted by Crippen LogP contribution is 2.45. The Morgan fingerprint density at radius 1 is 1.29 bits per heavy atom. The summed E-state index contributed by atoms with van der Waals surface area (Å²) in [5.41, 5.74) is 13.2. The van der Waals surface area contributed by atoms with Gasteiger partial charge in [0.25, 0.3) is 5.91 Å². The van der Waals surface area contributed by atoms with Crippen molar-refractivity contribution in [1.29, 1.82) is 0 Å². The maximum absolute atomic E-state index is 13.6. The summed E-state index contributed by atoms with van der Waals surface area (Å²) in [6, 6.07) is 3.20. The van der Waals surface area contributed by atoms with Gasteiger partial charge in [0.1, 0.15) is 21.7 Å². The van der Waals surface area contributed by atoms with Gasteiger partial charge < -0.3 is 11.5 Å². The van der Waals surface area contributed by atoms with E-state index >= 15 is 0 Å². The molecule has 2 heterocycles. The van der Waals surface area contributed by atoms with Crippen LogP contribution in [-0.4, -0.2) is 27.4 Å². The molecule has 0 bridgehead atoms. The number of carbonyl (C=O) groups excluding carboxylic acids is 1. The largest absolute Gasteiger partial charge is 0.365 e. The zero-order valence-electron chi connectivity index (χ0n) is 14.5. The summed E-state index contributed by atoms with van der Waals surface area (Å²) >= 11 is 13.6. The highest BCUT2D eigenvalue weighted by atomic mass is 35.5. The molecule has 0 spiro atoms. The van der Waals surface area contributed by atoms with Crippen molar-refractivity contribution in [2.45, 2.75) is 12.3 Å². The van der Waals surface area contributed by atoms with Crippen molar-refractivity contribution in [3.05, 3.63) is 55.3 Å². The molecule has 0 saturated carbocycles. The molecule has 1 amide bonds. The van der Waals surface area contributed by atoms with Crippen LogP contribution < -0.4 is 11.5 Å². The van der Waals surface area contributed by atoms with Crippen LogP contribution in [0.25, 0.3) is 11.3 Å². The average molecular weight is 446 g/mol. The molecule has 3 aromatic rings. The van der Waals surface area contributed by atoms with Crippen molar-refractivity contribution in [3.8, 4) is 11.3 Å². The minimum atomic E-state index is -0.705. The molecule has 0 radical (unpaired) electrons. The van der Waals surface area contributed by atoms with E-state index in [-0.39, 0.29) is 27.3 Å². The third-order valence-electron chi connectivity index (χ3n) is 4.25. The first-order valence-electron chi connectivity index (χ1n) is 8.05. The maximum atomic E-state index is 13.6. The fourth-order valence-corrected chi connectivity index (χ4v) is 4.76. The number of amides is 1. The van der Waals surface area contributed by atoms with Gasteiger partial charge in [-0.1, -0.05) is 28.4 Å². The molecule has 0 aliphatic rings. The van der Waals surface area contributed by atoms with Crippen molar-refractivity contribution >= 4 is 40.4 Å². The van der Waals surface area contributed by atoms with Crippen LogP contribution in [0.5, 0.6) is 0 Å². The van der Waals surface area contributed by atoms with Crippen LogP contribution in [0.2, 0.25) is 9.49 Å². The molecule has 4 N–H and O–H groups in total. The number of benzene rings is 1. The molecule has 0 unspecified atom stereocenters. The molecule has 0 fully saturated rings. The molecule has 1 aromatic carbocycles. The number of primary amides is 1. The van der Waals surface area contributed by atoms with Gasteiger partial charge in [-0.15, -0.1) is 16.4 Å². The minimum Gasteiger partial charge on any atom is -0.365 e. The van der Waals surface area contributed by atoms with Crippen molar-refractivity contribution < 1.29 is 13.6 Å². The van der Waals surface area contributed by atoms with E-state index in [9.17, 15) is 13.6 Å². The second-order valence-corrected chi connectivity index (χ2v) is 8.11. The van der Waals surface area contributed by atoms with E-state index in [0.717, 1.165) is 17.4 Å². The zero-order valence-corrected chi connectivity index (χ0v) is 16.9. The molecule has 1 atom stereocenters. The van der Waals surface area contributed by atoms with Crippen molar-refractivity contribution in [2.24, 2.45) is 18.5 Å². The van der Waals surface area contributed by atoms with E-state index in [0.29, 0.717) is 22.4 Å². The van der Waals surface area contributed by atoms with Crippen LogP contribution in [0.15, 0.2) is 18.2 Å². The summed E-state index contributed by atoms with van der Waals surface area (Å²) in [5, 5.41) is 7.74. The number of aromatic nitrogens is 3. The predicted octanol–water partition coefficient (Wildman–Crippen LogP) is 3.51. The summed E-state index contributed by atoms with van der Waals surface area (Å²) in [4.78, 5) is 12.2. The topological polar surface area (TPSA) is 99.8 Å². The van der Waals surface area contributed by atoms with Gasteiger partial charge >= 0.3 is 0 Å². The first kappa shape index (κ1) is 20.7. The van der Waals surface area contributed by atoms with Crippen LogP contribution in [0.4, 0.5) is 8.78 Å². The number of rotatable bonds is 6. The first-order valence-corrected chi connectivity index (χ1v) is 9.62. The third-order valence-corrected chi connectivity index (χ3v) is 5.93. The molecule has 0 aliphatic carbocycles. The average Bonchev–Trinajstić information content (AvgIpc) is 3.11. The summed E-state index contributed by atoms with van der Waals surface area (Å²) in [6.07, 6.45) is 0.161. The van der Waals surface area contributed by atoms with E-state index < -0.39 is 23.5 Å². The van der Waals surface area contributed by atoms with Gasteiger partial charge in [-0.3, -0.25) is 4.79 Å². The molecule has 2 aromatic heterocycles. The number of nitrogens with two attached hydrogens (primary N) is 2. The SMILES string of the molecule is Cn1nnc(Cl)c1-c1c(Cl)sc(C(N)=O)c1[C@@H](CN)Cc1cc(F)cc(F)c1. The second kappa shape index (κ2) is 8.12. The fraction of sp³-hybridized carbons (Fsp3) is 0.235. The Bertz CT molecular complexity index is 1010. The van der Waals surface area contributed by atoms with Gasteiger partial charge in [0, 0.05) is 24.6 Å². The van der Waals surface area contributed by atoms with E-state index in [1.54, 1.807) is 7.05 Å². The van der Waals surface area contributed by atoms with Crippen LogP contribution in [-0.2, 0) is 13.5 Å². The van der Waals surface area contributed by atoms with Crippen LogP contribution in [0, 0.1) is 11.6 Å². The summed E-state index contributed by atoms with van der Waals surface area (Å²) in [6.45, 7) is 0.0708. The lowest BCUT2D eigenvalue weighted by Crippen LogP contribution is -2.20. The van der Waals surface area contributed by atoms with Gasteiger partial charge in [-0.2, -0.15) is 0 Å². The van der Waals surface area contributed by atoms with E-state index in [1.807, 2.05) is 0 Å². The molecular weight excluding hydrogens is 431 g/mol. The highest BCUT2D eigenvalue weighted by Gasteiger charge is 2.30. The standard InChI is InChI=1S/C17H15Cl2F2N5OS/c1-26-13(15(18)24-25-26)12-11(14(17(23)27)28-16(12)19)8(6-22)2-7-3-9(20)5-10(21)4-7/h3-5,8H,2,6,22H2,1H3,(H2,23,27)/t8-/m1/s1. The Balaban J connectivity index is 2.18. The summed E-state index contributed by atoms with van der Waals surface area (Å²) < 4.78 is 28.9. The van der Waals surface area contributed by atoms with Gasteiger partial charge in [-0.25, -0.2) is 13.5 Å². The van der Waals surface area contributed by atoms with Crippen molar-refractivity contribution in [3.63, 3.8) is 0 Å². The number of nitrogens with zero attached hydrogens (tertiary/aromatic N) is 3. The van der Waals surface area contributed by atoms with E-state index in [4.69, 9.17) is 34.7 Å². The fourth-order valence-electron chi connectivity index (χ4n) is 3.12. The number of thiophene rings is 1. The van der Waals surface area contributed by atoms with Crippen LogP contribution in [0.3, 0.4) is 0 Å². The molecule has 148 valence electrons. The van der Waals surface area contributed by atoms with Crippen molar-refractivity contribution in [2.75, 3.05) is 6.54 Å². The minimum absolute atomic E-state index is 0.0708. The second-order valence-electron chi connectivity index (χ2n) is 6.12. The molecule has 6 nitrogen and oxygen atoms in total. The number of hydrogen-bond acceptors (Lipinski definition) is 5. The monoisotopic (exact) mass is 445 g/mol. The Labute approximate surface area is 173 Å². The number of carbonyl (C=O) groups is 1.